The average Bonchev–Trinajstić information content (AvgIpc) is 3.00. The highest BCUT2D eigenvalue weighted by Crippen LogP contribution is 2.29. The van der Waals surface area contributed by atoms with Gasteiger partial charge in [0.05, 0.1) is 30.7 Å². The van der Waals surface area contributed by atoms with Crippen molar-refractivity contribution in [2.24, 2.45) is 4.99 Å². The molecule has 2 aromatic carbocycles. The van der Waals surface area contributed by atoms with Gasteiger partial charge in [-0.05, 0) is 30.3 Å². The van der Waals surface area contributed by atoms with E-state index in [1.165, 1.54) is 19.5 Å². The number of carbonyl (C=O) groups is 1. The minimum Gasteiger partial charge on any atom is -0.464 e. The first-order valence-corrected chi connectivity index (χ1v) is 8.22. The Balaban J connectivity index is 1.98. The van der Waals surface area contributed by atoms with Gasteiger partial charge in [-0.3, -0.25) is 9.56 Å². The normalized spacial score (nSPS) is 12.7. The first-order chi connectivity index (χ1) is 12.6. The molecule has 0 fully saturated rings. The second-order valence-electron chi connectivity index (χ2n) is 5.71. The van der Waals surface area contributed by atoms with Crippen LogP contribution in [0.2, 0.25) is 5.02 Å². The third kappa shape index (κ3) is 2.59. The van der Waals surface area contributed by atoms with Crippen molar-refractivity contribution in [3.05, 3.63) is 82.1 Å². The van der Waals surface area contributed by atoms with Gasteiger partial charge in [-0.1, -0.05) is 23.7 Å². The maximum atomic E-state index is 14.4. The summed E-state index contributed by atoms with van der Waals surface area (Å²) in [7, 11) is 1.30. The maximum Gasteiger partial charge on any atom is 0.358 e. The Labute approximate surface area is 153 Å². The van der Waals surface area contributed by atoms with Gasteiger partial charge in [-0.25, -0.2) is 14.2 Å². The summed E-state index contributed by atoms with van der Waals surface area (Å²) in [4.78, 5) is 20.7. The van der Waals surface area contributed by atoms with Gasteiger partial charge < -0.3 is 4.74 Å². The lowest BCUT2D eigenvalue weighted by Crippen LogP contribution is -2.09. The molecular formula is C19H13ClFN3O2. The minimum absolute atomic E-state index is 0.153. The van der Waals surface area contributed by atoms with Gasteiger partial charge in [0.1, 0.15) is 12.1 Å². The molecule has 0 bridgehead atoms. The fourth-order valence-electron chi connectivity index (χ4n) is 3.03. The van der Waals surface area contributed by atoms with Crippen LogP contribution in [0.25, 0.3) is 5.69 Å². The molecule has 0 spiro atoms. The highest BCUT2D eigenvalue weighted by molar-refractivity contribution is 6.31. The molecule has 0 aliphatic carbocycles. The number of halogens is 2. The summed E-state index contributed by atoms with van der Waals surface area (Å²) in [5.41, 5.74) is 2.98. The fourth-order valence-corrected chi connectivity index (χ4v) is 3.20. The number of ether oxygens (including phenoxy) is 1. The molecule has 5 nitrogen and oxygen atoms in total. The number of fused-ring (bicyclic) bond motifs is 3. The molecule has 130 valence electrons. The van der Waals surface area contributed by atoms with E-state index >= 15 is 0 Å². The van der Waals surface area contributed by atoms with Crippen LogP contribution in [-0.4, -0.2) is 28.3 Å². The van der Waals surface area contributed by atoms with E-state index in [4.69, 9.17) is 16.3 Å². The lowest BCUT2D eigenvalue weighted by atomic mass is 10.00. The van der Waals surface area contributed by atoms with Crippen LogP contribution in [-0.2, 0) is 11.3 Å². The van der Waals surface area contributed by atoms with E-state index in [1.54, 1.807) is 41.0 Å². The molecule has 0 saturated heterocycles. The van der Waals surface area contributed by atoms with E-state index < -0.39 is 5.97 Å². The van der Waals surface area contributed by atoms with Crippen molar-refractivity contribution in [3.63, 3.8) is 0 Å². The molecule has 4 rings (SSSR count). The zero-order valence-corrected chi connectivity index (χ0v) is 14.5. The number of nitrogens with zero attached hydrogens (tertiary/aromatic N) is 3. The monoisotopic (exact) mass is 369 g/mol. The highest BCUT2D eigenvalue weighted by Gasteiger charge is 2.25. The molecule has 26 heavy (non-hydrogen) atoms. The van der Waals surface area contributed by atoms with Crippen molar-refractivity contribution in [2.75, 3.05) is 7.11 Å². The molecule has 1 aromatic heterocycles. The number of hydrogen-bond acceptors (Lipinski definition) is 4. The number of aliphatic imine (C=N–C) groups is 1. The molecule has 0 saturated carbocycles. The van der Waals surface area contributed by atoms with Gasteiger partial charge >= 0.3 is 5.97 Å². The van der Waals surface area contributed by atoms with E-state index in [0.717, 1.165) is 0 Å². The first kappa shape index (κ1) is 16.5. The quantitative estimate of drug-likeness (QED) is 0.645. The molecule has 0 amide bonds. The summed E-state index contributed by atoms with van der Waals surface area (Å²) >= 11 is 6.18. The summed E-state index contributed by atoms with van der Waals surface area (Å²) in [6, 6.07) is 11.7. The number of hydrogen-bond donors (Lipinski definition) is 0. The van der Waals surface area contributed by atoms with Gasteiger partial charge in [0.15, 0.2) is 5.69 Å². The van der Waals surface area contributed by atoms with Crippen molar-refractivity contribution in [2.45, 2.75) is 6.54 Å². The standard InChI is InChI=1S/C19H13ClFN3O2/c1-26-19(25)18-16-9-22-17(12-4-2-3-5-14(12)21)13-8-11(20)6-7-15(13)24(16)10-23-18/h2-8,10H,9H2,1H3. The van der Waals surface area contributed by atoms with Crippen LogP contribution in [0.5, 0.6) is 0 Å². The molecule has 1 aliphatic rings. The van der Waals surface area contributed by atoms with Crippen molar-refractivity contribution >= 4 is 23.3 Å². The van der Waals surface area contributed by atoms with Crippen LogP contribution in [0.15, 0.2) is 53.8 Å². The SMILES string of the molecule is COC(=O)c1ncn2c1CN=C(c1ccccc1F)c1cc(Cl)ccc1-2. The lowest BCUT2D eigenvalue weighted by molar-refractivity contribution is 0.0593. The van der Waals surface area contributed by atoms with Crippen LogP contribution < -0.4 is 0 Å². The third-order valence-corrected chi connectivity index (χ3v) is 4.47. The number of imidazole rings is 1. The van der Waals surface area contributed by atoms with Crippen LogP contribution in [0.1, 0.15) is 27.3 Å². The van der Waals surface area contributed by atoms with Crippen LogP contribution in [0.4, 0.5) is 4.39 Å². The third-order valence-electron chi connectivity index (χ3n) is 4.23. The Kier molecular flexibility index (Phi) is 4.05. The number of methoxy groups -OCH3 is 1. The van der Waals surface area contributed by atoms with E-state index in [0.29, 0.717) is 33.2 Å². The second kappa shape index (κ2) is 6.38. The van der Waals surface area contributed by atoms with Gasteiger partial charge in [0, 0.05) is 16.1 Å². The Morgan fingerprint density at radius 2 is 2.04 bits per heavy atom. The lowest BCUT2D eigenvalue weighted by Gasteiger charge is -2.12. The molecule has 2 heterocycles. The average molecular weight is 370 g/mol. The van der Waals surface area contributed by atoms with E-state index in [9.17, 15) is 9.18 Å². The Bertz CT molecular complexity index is 1060. The molecule has 0 atom stereocenters. The van der Waals surface area contributed by atoms with Crippen molar-refractivity contribution < 1.29 is 13.9 Å². The zero-order chi connectivity index (χ0) is 18.3. The highest BCUT2D eigenvalue weighted by atomic mass is 35.5. The molecular weight excluding hydrogens is 357 g/mol. The minimum atomic E-state index is -0.543. The maximum absolute atomic E-state index is 14.4. The molecule has 1 aliphatic heterocycles. The summed E-state index contributed by atoms with van der Waals surface area (Å²) in [5.74, 6) is -0.922. The Morgan fingerprint density at radius 1 is 1.23 bits per heavy atom. The number of benzene rings is 2. The van der Waals surface area contributed by atoms with Crippen LogP contribution in [0.3, 0.4) is 0 Å². The van der Waals surface area contributed by atoms with E-state index in [1.807, 2.05) is 0 Å². The summed E-state index contributed by atoms with van der Waals surface area (Å²) in [5, 5.41) is 0.504. The topological polar surface area (TPSA) is 56.5 Å². The summed E-state index contributed by atoms with van der Waals surface area (Å²) in [6.07, 6.45) is 1.54. The zero-order valence-electron chi connectivity index (χ0n) is 13.7. The number of aromatic nitrogens is 2. The van der Waals surface area contributed by atoms with Crippen LogP contribution >= 0.6 is 11.6 Å². The Hall–Kier alpha value is -2.99. The Morgan fingerprint density at radius 3 is 2.81 bits per heavy atom. The molecule has 3 aromatic rings. The first-order valence-electron chi connectivity index (χ1n) is 7.84. The predicted octanol–water partition coefficient (Wildman–Crippen LogP) is 3.80. The number of esters is 1. The van der Waals surface area contributed by atoms with Gasteiger partial charge in [-0.2, -0.15) is 0 Å². The van der Waals surface area contributed by atoms with E-state index in [-0.39, 0.29) is 18.1 Å². The van der Waals surface area contributed by atoms with Gasteiger partial charge in [-0.15, -0.1) is 0 Å². The largest absolute Gasteiger partial charge is 0.464 e. The van der Waals surface area contributed by atoms with Crippen molar-refractivity contribution in [3.8, 4) is 5.69 Å². The molecule has 0 N–H and O–H groups in total. The summed E-state index contributed by atoms with van der Waals surface area (Å²) < 4.78 is 21.0. The van der Waals surface area contributed by atoms with E-state index in [2.05, 4.69) is 9.98 Å². The van der Waals surface area contributed by atoms with Crippen molar-refractivity contribution in [1.82, 2.24) is 9.55 Å². The predicted molar refractivity (Wildman–Crippen MR) is 95.7 cm³/mol. The molecule has 0 unspecified atom stereocenters. The number of carbonyl (C=O) groups excluding carboxylic acids is 1. The summed E-state index contributed by atoms with van der Waals surface area (Å²) in [6.45, 7) is 0.153. The van der Waals surface area contributed by atoms with Crippen molar-refractivity contribution in [1.29, 1.82) is 0 Å². The molecule has 7 heteroatoms. The van der Waals surface area contributed by atoms with Gasteiger partial charge in [0.2, 0.25) is 0 Å². The van der Waals surface area contributed by atoms with Gasteiger partial charge in [0.25, 0.3) is 0 Å². The fraction of sp³-hybridized carbons (Fsp3) is 0.105. The molecule has 0 radical (unpaired) electrons. The number of rotatable bonds is 2. The smallest absolute Gasteiger partial charge is 0.358 e. The van der Waals surface area contributed by atoms with Crippen LogP contribution in [0, 0.1) is 5.82 Å². The second-order valence-corrected chi connectivity index (χ2v) is 6.14.